The molecule has 84 valence electrons. The molecule has 5 heteroatoms. The van der Waals surface area contributed by atoms with E-state index in [0.29, 0.717) is 6.54 Å². The molecule has 15 heavy (non-hydrogen) atoms. The fraction of sp³-hybridized carbons (Fsp3) is 0.400. The number of hydrogen-bond acceptors (Lipinski definition) is 3. The van der Waals surface area contributed by atoms with E-state index in [2.05, 4.69) is 5.32 Å². The van der Waals surface area contributed by atoms with Crippen molar-refractivity contribution in [3.63, 3.8) is 0 Å². The van der Waals surface area contributed by atoms with Crippen LogP contribution in [0, 0.1) is 5.82 Å². The normalized spacial score (nSPS) is 29.9. The minimum atomic E-state index is -0.819. The first-order chi connectivity index (χ1) is 6.68. The molecule has 1 aromatic carbocycles. The highest BCUT2D eigenvalue weighted by atomic mass is 35.5. The number of aliphatic hydroxyl groups is 2. The molecule has 3 atom stereocenters. The molecule has 1 aliphatic rings. The zero-order valence-electron chi connectivity index (χ0n) is 7.93. The number of rotatable bonds is 1. The molecule has 0 aliphatic carbocycles. The van der Waals surface area contributed by atoms with Crippen molar-refractivity contribution in [3.05, 3.63) is 35.6 Å². The summed E-state index contributed by atoms with van der Waals surface area (Å²) in [6, 6.07) is 5.59. The van der Waals surface area contributed by atoms with Crippen molar-refractivity contribution < 1.29 is 14.6 Å². The van der Waals surface area contributed by atoms with Crippen LogP contribution in [0.25, 0.3) is 0 Å². The van der Waals surface area contributed by atoms with Crippen LogP contribution in [0.4, 0.5) is 4.39 Å². The van der Waals surface area contributed by atoms with Gasteiger partial charge in [-0.2, -0.15) is 0 Å². The second-order valence-corrected chi connectivity index (χ2v) is 3.50. The van der Waals surface area contributed by atoms with Crippen molar-refractivity contribution in [2.24, 2.45) is 0 Å². The molecular formula is C10H13ClFNO2. The summed E-state index contributed by atoms with van der Waals surface area (Å²) in [5.41, 5.74) is 0.787. The van der Waals surface area contributed by atoms with E-state index in [1.54, 1.807) is 12.1 Å². The van der Waals surface area contributed by atoms with Crippen LogP contribution in [0.3, 0.4) is 0 Å². The molecule has 0 spiro atoms. The van der Waals surface area contributed by atoms with Crippen LogP contribution in [0.15, 0.2) is 24.3 Å². The van der Waals surface area contributed by atoms with Gasteiger partial charge in [-0.05, 0) is 17.7 Å². The summed E-state index contributed by atoms with van der Waals surface area (Å²) in [4.78, 5) is 0. The van der Waals surface area contributed by atoms with Crippen LogP contribution in [0.1, 0.15) is 11.6 Å². The number of halogens is 2. The van der Waals surface area contributed by atoms with Crippen molar-refractivity contribution in [2.75, 3.05) is 6.54 Å². The van der Waals surface area contributed by atoms with Gasteiger partial charge in [0.05, 0.1) is 12.1 Å². The molecule has 3 nitrogen and oxygen atoms in total. The molecule has 0 radical (unpaired) electrons. The van der Waals surface area contributed by atoms with E-state index in [1.165, 1.54) is 12.1 Å². The number of aliphatic hydroxyl groups excluding tert-OH is 2. The van der Waals surface area contributed by atoms with E-state index in [0.717, 1.165) is 5.56 Å². The predicted octanol–water partition coefficient (Wildman–Crippen LogP) is 0.614. The highest BCUT2D eigenvalue weighted by Crippen LogP contribution is 2.23. The molecule has 3 N–H and O–H groups in total. The lowest BCUT2D eigenvalue weighted by Gasteiger charge is -2.16. The Morgan fingerprint density at radius 1 is 1.20 bits per heavy atom. The lowest BCUT2D eigenvalue weighted by molar-refractivity contribution is 0.0404. The zero-order valence-corrected chi connectivity index (χ0v) is 8.75. The van der Waals surface area contributed by atoms with Gasteiger partial charge in [-0.25, -0.2) is 4.39 Å². The van der Waals surface area contributed by atoms with Gasteiger partial charge in [0, 0.05) is 6.54 Å². The van der Waals surface area contributed by atoms with Crippen molar-refractivity contribution in [1.82, 2.24) is 5.32 Å². The maximum atomic E-state index is 12.6. The quantitative estimate of drug-likeness (QED) is 0.667. The smallest absolute Gasteiger partial charge is 0.123 e. The molecular weight excluding hydrogens is 221 g/mol. The Hall–Kier alpha value is -0.680. The van der Waals surface area contributed by atoms with Gasteiger partial charge in [0.2, 0.25) is 0 Å². The summed E-state index contributed by atoms with van der Waals surface area (Å²) < 4.78 is 12.6. The molecule has 1 heterocycles. The standard InChI is InChI=1S/C10H12FNO2.ClH/c11-7-3-1-6(2-4-7)9-10(14)8(13)5-12-9;/h1-4,8-10,12-14H,5H2;1H/t8-,9-,10+;/m0./s1. The second kappa shape index (κ2) is 4.90. The highest BCUT2D eigenvalue weighted by molar-refractivity contribution is 5.85. The largest absolute Gasteiger partial charge is 0.389 e. The van der Waals surface area contributed by atoms with E-state index >= 15 is 0 Å². The number of β-amino-alcohol motifs (C(OH)–C–C–N with tert-alkyl or cyclic N) is 1. The summed E-state index contributed by atoms with van der Waals surface area (Å²) in [7, 11) is 0. The van der Waals surface area contributed by atoms with Crippen molar-refractivity contribution in [1.29, 1.82) is 0 Å². The molecule has 1 saturated heterocycles. The molecule has 0 amide bonds. The Balaban J connectivity index is 0.00000112. The molecule has 0 bridgehead atoms. The second-order valence-electron chi connectivity index (χ2n) is 3.50. The molecule has 1 aromatic rings. The van der Waals surface area contributed by atoms with Gasteiger partial charge in [0.25, 0.3) is 0 Å². The Kier molecular flexibility index (Phi) is 4.04. The fourth-order valence-corrected chi connectivity index (χ4v) is 1.70. The summed E-state index contributed by atoms with van der Waals surface area (Å²) in [5.74, 6) is -0.304. The minimum absolute atomic E-state index is 0. The van der Waals surface area contributed by atoms with Crippen LogP contribution in [-0.2, 0) is 0 Å². The van der Waals surface area contributed by atoms with Crippen LogP contribution in [0.2, 0.25) is 0 Å². The highest BCUT2D eigenvalue weighted by Gasteiger charge is 2.33. The lowest BCUT2D eigenvalue weighted by Crippen LogP contribution is -2.25. The van der Waals surface area contributed by atoms with E-state index < -0.39 is 12.2 Å². The van der Waals surface area contributed by atoms with E-state index in [4.69, 9.17) is 0 Å². The zero-order chi connectivity index (χ0) is 10.1. The van der Waals surface area contributed by atoms with Gasteiger partial charge in [0.15, 0.2) is 0 Å². The number of hydrogen-bond donors (Lipinski definition) is 3. The first-order valence-corrected chi connectivity index (χ1v) is 4.53. The lowest BCUT2D eigenvalue weighted by atomic mass is 10.0. The summed E-state index contributed by atoms with van der Waals surface area (Å²) in [5, 5.41) is 21.8. The van der Waals surface area contributed by atoms with Gasteiger partial charge in [-0.1, -0.05) is 12.1 Å². The van der Waals surface area contributed by atoms with Crippen LogP contribution in [-0.4, -0.2) is 29.0 Å². The molecule has 2 rings (SSSR count). The number of nitrogens with one attached hydrogen (secondary N) is 1. The average molecular weight is 234 g/mol. The maximum Gasteiger partial charge on any atom is 0.123 e. The van der Waals surface area contributed by atoms with Gasteiger partial charge in [-0.15, -0.1) is 12.4 Å². The minimum Gasteiger partial charge on any atom is -0.389 e. The monoisotopic (exact) mass is 233 g/mol. The molecule has 0 saturated carbocycles. The van der Waals surface area contributed by atoms with Gasteiger partial charge in [0.1, 0.15) is 11.9 Å². The average Bonchev–Trinajstić information content (AvgIpc) is 2.50. The Bertz CT molecular complexity index is 320. The van der Waals surface area contributed by atoms with Crippen LogP contribution < -0.4 is 5.32 Å². The Labute approximate surface area is 93.3 Å². The van der Waals surface area contributed by atoms with E-state index in [1.807, 2.05) is 0 Å². The van der Waals surface area contributed by atoms with E-state index in [9.17, 15) is 14.6 Å². The molecule has 0 aromatic heterocycles. The third-order valence-corrected chi connectivity index (χ3v) is 2.51. The Morgan fingerprint density at radius 3 is 2.27 bits per heavy atom. The first-order valence-electron chi connectivity index (χ1n) is 4.53. The van der Waals surface area contributed by atoms with Gasteiger partial charge >= 0.3 is 0 Å². The van der Waals surface area contributed by atoms with Crippen molar-refractivity contribution >= 4 is 12.4 Å². The number of benzene rings is 1. The molecule has 0 unspecified atom stereocenters. The van der Waals surface area contributed by atoms with Crippen LogP contribution in [0.5, 0.6) is 0 Å². The summed E-state index contributed by atoms with van der Waals surface area (Å²) >= 11 is 0. The Morgan fingerprint density at radius 2 is 1.80 bits per heavy atom. The molecule has 1 aliphatic heterocycles. The maximum absolute atomic E-state index is 12.6. The SMILES string of the molecule is Cl.O[C@@H]1[C@@H](O)CN[C@H]1c1ccc(F)cc1. The molecule has 1 fully saturated rings. The van der Waals surface area contributed by atoms with Crippen molar-refractivity contribution in [2.45, 2.75) is 18.2 Å². The predicted molar refractivity (Wildman–Crippen MR) is 56.4 cm³/mol. The van der Waals surface area contributed by atoms with Crippen LogP contribution >= 0.6 is 12.4 Å². The van der Waals surface area contributed by atoms with Gasteiger partial charge < -0.3 is 15.5 Å². The first kappa shape index (κ1) is 12.4. The van der Waals surface area contributed by atoms with Gasteiger partial charge in [-0.3, -0.25) is 0 Å². The summed E-state index contributed by atoms with van der Waals surface area (Å²) in [6.07, 6.45) is -1.56. The summed E-state index contributed by atoms with van der Waals surface area (Å²) in [6.45, 7) is 0.364. The fourth-order valence-electron chi connectivity index (χ4n) is 1.70. The van der Waals surface area contributed by atoms with Crippen molar-refractivity contribution in [3.8, 4) is 0 Å². The third-order valence-electron chi connectivity index (χ3n) is 2.51. The third kappa shape index (κ3) is 2.46. The van der Waals surface area contributed by atoms with E-state index in [-0.39, 0.29) is 24.3 Å². The topological polar surface area (TPSA) is 52.5 Å².